The van der Waals surface area contributed by atoms with Crippen molar-refractivity contribution in [3.05, 3.63) is 38.5 Å². The van der Waals surface area contributed by atoms with Crippen molar-refractivity contribution in [3.63, 3.8) is 0 Å². The number of carbonyl (C=O) groups is 2. The topological polar surface area (TPSA) is 78.9 Å². The second kappa shape index (κ2) is 7.33. The van der Waals surface area contributed by atoms with Crippen molar-refractivity contribution in [3.8, 4) is 0 Å². The van der Waals surface area contributed by atoms with Crippen LogP contribution in [0.4, 0.5) is 5.69 Å². The monoisotopic (exact) mass is 402 g/mol. The summed E-state index contributed by atoms with van der Waals surface area (Å²) >= 11 is 9.42. The highest BCUT2D eigenvalue weighted by Gasteiger charge is 2.34. The van der Waals surface area contributed by atoms with Gasteiger partial charge < -0.3 is 20.1 Å². The second-order valence-electron chi connectivity index (χ2n) is 5.00. The Morgan fingerprint density at radius 1 is 1.52 bits per heavy atom. The Bertz CT molecular complexity index is 690. The Morgan fingerprint density at radius 3 is 2.83 bits per heavy atom. The van der Waals surface area contributed by atoms with Gasteiger partial charge in [0.15, 0.2) is 0 Å². The first-order valence-electron chi connectivity index (χ1n) is 6.83. The van der Waals surface area contributed by atoms with Gasteiger partial charge in [0.25, 0.3) is 5.91 Å². The third-order valence-electron chi connectivity index (χ3n) is 3.48. The summed E-state index contributed by atoms with van der Waals surface area (Å²) in [5.41, 5.74) is 1.84. The predicted octanol–water partition coefficient (Wildman–Crippen LogP) is 2.08. The average molecular weight is 404 g/mol. The largest absolute Gasteiger partial charge is 0.466 e. The van der Waals surface area contributed by atoms with Crippen LogP contribution in [0.1, 0.15) is 5.56 Å². The number of esters is 1. The second-order valence-corrected chi connectivity index (χ2v) is 6.26. The summed E-state index contributed by atoms with van der Waals surface area (Å²) in [6.45, 7) is 1.91. The van der Waals surface area contributed by atoms with E-state index in [4.69, 9.17) is 21.4 Å². The maximum atomic E-state index is 12.4. The Morgan fingerprint density at radius 2 is 2.22 bits per heavy atom. The number of aliphatic hydroxyl groups is 1. The van der Waals surface area contributed by atoms with E-state index in [-0.39, 0.29) is 36.9 Å². The van der Waals surface area contributed by atoms with E-state index in [1.165, 1.54) is 12.0 Å². The number of benzene rings is 1. The number of nitrogens with zero attached hydrogens (tertiary/aromatic N) is 1. The summed E-state index contributed by atoms with van der Waals surface area (Å²) < 4.78 is 5.48. The molecule has 6 nitrogen and oxygen atoms in total. The molecule has 1 amide bonds. The molecule has 8 heteroatoms. The van der Waals surface area contributed by atoms with Gasteiger partial charge in [0.05, 0.1) is 30.9 Å². The maximum Gasteiger partial charge on any atom is 0.337 e. The number of anilines is 1. The van der Waals surface area contributed by atoms with E-state index >= 15 is 0 Å². The van der Waals surface area contributed by atoms with Gasteiger partial charge in [-0.25, -0.2) is 4.79 Å². The van der Waals surface area contributed by atoms with Crippen molar-refractivity contribution in [2.75, 3.05) is 32.1 Å². The fourth-order valence-electron chi connectivity index (χ4n) is 2.26. The Balaban J connectivity index is 2.39. The fourth-order valence-corrected chi connectivity index (χ4v) is 2.89. The van der Waals surface area contributed by atoms with E-state index < -0.39 is 5.97 Å². The third-order valence-corrected chi connectivity index (χ3v) is 4.68. The molecule has 1 aromatic rings. The van der Waals surface area contributed by atoms with Gasteiger partial charge >= 0.3 is 5.97 Å². The average Bonchev–Trinajstić information content (AvgIpc) is 2.81. The van der Waals surface area contributed by atoms with Crippen molar-refractivity contribution in [2.45, 2.75) is 6.92 Å². The summed E-state index contributed by atoms with van der Waals surface area (Å²) in [7, 11) is 1.26. The number of amides is 1. The first-order chi connectivity index (χ1) is 10.9. The number of β-amino-alcohol motifs (C(OH)–C–C–N with tert-alkyl or cyclic N) is 1. The first kappa shape index (κ1) is 17.8. The molecule has 0 saturated heterocycles. The molecule has 0 fully saturated rings. The number of hydrogen-bond donors (Lipinski definition) is 2. The molecule has 124 valence electrons. The lowest BCUT2D eigenvalue weighted by molar-refractivity contribution is -0.136. The Hall–Kier alpha value is -1.57. The van der Waals surface area contributed by atoms with E-state index in [2.05, 4.69) is 21.2 Å². The Labute approximate surface area is 147 Å². The number of nitrogens with one attached hydrogen (secondary N) is 1. The van der Waals surface area contributed by atoms with Crippen LogP contribution >= 0.6 is 27.5 Å². The van der Waals surface area contributed by atoms with E-state index in [9.17, 15) is 9.59 Å². The summed E-state index contributed by atoms with van der Waals surface area (Å²) in [5, 5.41) is 12.5. The van der Waals surface area contributed by atoms with Crippen LogP contribution in [0, 0.1) is 6.92 Å². The van der Waals surface area contributed by atoms with Crippen molar-refractivity contribution in [1.29, 1.82) is 0 Å². The zero-order chi connectivity index (χ0) is 17.1. The summed E-state index contributed by atoms with van der Waals surface area (Å²) in [6, 6.07) is 3.48. The van der Waals surface area contributed by atoms with E-state index in [0.29, 0.717) is 10.7 Å². The number of halogens is 2. The highest BCUT2D eigenvalue weighted by atomic mass is 79.9. The van der Waals surface area contributed by atoms with E-state index in [1.807, 2.05) is 13.0 Å². The van der Waals surface area contributed by atoms with Crippen molar-refractivity contribution in [2.24, 2.45) is 0 Å². The SMILES string of the molecule is COC(=O)C1=C(Nc2cc(Cl)c(Br)cc2C)C(=O)N(CCO)C1. The first-order valence-corrected chi connectivity index (χ1v) is 8.00. The van der Waals surface area contributed by atoms with Crippen LogP contribution in [0.15, 0.2) is 27.9 Å². The van der Waals surface area contributed by atoms with Crippen LogP contribution in [0.2, 0.25) is 5.02 Å². The maximum absolute atomic E-state index is 12.4. The van der Waals surface area contributed by atoms with Crippen LogP contribution in [-0.2, 0) is 14.3 Å². The molecule has 0 unspecified atom stereocenters. The van der Waals surface area contributed by atoms with Crippen molar-refractivity contribution < 1.29 is 19.4 Å². The highest BCUT2D eigenvalue weighted by Crippen LogP contribution is 2.31. The number of aryl methyl sites for hydroxylation is 1. The lowest BCUT2D eigenvalue weighted by atomic mass is 10.1. The molecule has 1 aromatic carbocycles. The van der Waals surface area contributed by atoms with Gasteiger partial charge in [-0.05, 0) is 40.5 Å². The molecule has 2 rings (SSSR count). The number of carbonyl (C=O) groups excluding carboxylic acids is 2. The number of rotatable bonds is 5. The van der Waals surface area contributed by atoms with E-state index in [0.717, 1.165) is 10.0 Å². The molecule has 0 atom stereocenters. The van der Waals surface area contributed by atoms with Gasteiger partial charge in [0.2, 0.25) is 0 Å². The number of aliphatic hydroxyl groups excluding tert-OH is 1. The number of ether oxygens (including phenoxy) is 1. The zero-order valence-corrected chi connectivity index (χ0v) is 15.0. The molecule has 0 spiro atoms. The molecule has 0 radical (unpaired) electrons. The van der Waals surface area contributed by atoms with Gasteiger partial charge in [-0.3, -0.25) is 4.79 Å². The third kappa shape index (κ3) is 3.68. The van der Waals surface area contributed by atoms with Gasteiger partial charge in [-0.15, -0.1) is 0 Å². The number of hydrogen-bond acceptors (Lipinski definition) is 5. The molecule has 1 heterocycles. The molecule has 2 N–H and O–H groups in total. The summed E-state index contributed by atoms with van der Waals surface area (Å²) in [6.07, 6.45) is 0. The molecular formula is C15H16BrClN2O4. The van der Waals surface area contributed by atoms with E-state index in [1.54, 1.807) is 6.07 Å². The van der Waals surface area contributed by atoms with Crippen molar-refractivity contribution >= 4 is 45.1 Å². The molecule has 0 aromatic heterocycles. The molecule has 0 aliphatic carbocycles. The van der Waals surface area contributed by atoms with Crippen LogP contribution in [0.25, 0.3) is 0 Å². The van der Waals surface area contributed by atoms with Crippen LogP contribution in [0.5, 0.6) is 0 Å². The summed E-state index contributed by atoms with van der Waals surface area (Å²) in [5.74, 6) is -0.944. The lowest BCUT2D eigenvalue weighted by Gasteiger charge is -2.16. The smallest absolute Gasteiger partial charge is 0.337 e. The minimum Gasteiger partial charge on any atom is -0.466 e. The highest BCUT2D eigenvalue weighted by molar-refractivity contribution is 9.10. The van der Waals surface area contributed by atoms with Crippen LogP contribution in [-0.4, -0.2) is 48.7 Å². The van der Waals surface area contributed by atoms with Crippen molar-refractivity contribution in [1.82, 2.24) is 4.90 Å². The minimum atomic E-state index is -0.581. The van der Waals surface area contributed by atoms with Crippen LogP contribution < -0.4 is 5.32 Å². The summed E-state index contributed by atoms with van der Waals surface area (Å²) in [4.78, 5) is 25.7. The number of methoxy groups -OCH3 is 1. The standard InChI is InChI=1S/C15H16BrClN2O4/c1-8-5-10(16)11(17)6-12(8)18-13-9(15(22)23-2)7-19(3-4-20)14(13)21/h5-6,18,20H,3-4,7H2,1-2H3. The lowest BCUT2D eigenvalue weighted by Crippen LogP contribution is -2.31. The van der Waals surface area contributed by atoms with Gasteiger partial charge in [-0.1, -0.05) is 11.6 Å². The molecule has 23 heavy (non-hydrogen) atoms. The molecule has 0 bridgehead atoms. The molecule has 1 aliphatic heterocycles. The molecule has 0 saturated carbocycles. The minimum absolute atomic E-state index is 0.0949. The zero-order valence-electron chi connectivity index (χ0n) is 12.7. The van der Waals surface area contributed by atoms with Gasteiger partial charge in [0, 0.05) is 16.7 Å². The van der Waals surface area contributed by atoms with Gasteiger partial charge in [-0.2, -0.15) is 0 Å². The Kier molecular flexibility index (Phi) is 5.67. The normalized spacial score (nSPS) is 14.5. The quantitative estimate of drug-likeness (QED) is 0.736. The van der Waals surface area contributed by atoms with Gasteiger partial charge in [0.1, 0.15) is 5.70 Å². The molecule has 1 aliphatic rings. The molecular weight excluding hydrogens is 388 g/mol. The fraction of sp³-hybridized carbons (Fsp3) is 0.333. The van der Waals surface area contributed by atoms with Crippen LogP contribution in [0.3, 0.4) is 0 Å². The predicted molar refractivity (Wildman–Crippen MR) is 90.2 cm³/mol.